The zero-order chi connectivity index (χ0) is 20.9. The molecule has 0 unspecified atom stereocenters. The first-order valence-electron chi connectivity index (χ1n) is 10.2. The van der Waals surface area contributed by atoms with Crippen molar-refractivity contribution in [1.82, 2.24) is 19.9 Å². The van der Waals surface area contributed by atoms with Gasteiger partial charge in [-0.3, -0.25) is 9.69 Å². The van der Waals surface area contributed by atoms with E-state index < -0.39 is 0 Å². The van der Waals surface area contributed by atoms with Crippen molar-refractivity contribution in [2.45, 2.75) is 26.3 Å². The lowest BCUT2D eigenvalue weighted by Crippen LogP contribution is -2.48. The van der Waals surface area contributed by atoms with E-state index in [9.17, 15) is 4.79 Å². The molecule has 7 heteroatoms. The Morgan fingerprint density at radius 1 is 1.07 bits per heavy atom. The Hall–Kier alpha value is -2.51. The van der Waals surface area contributed by atoms with Crippen LogP contribution in [0.15, 0.2) is 57.5 Å². The Kier molecular flexibility index (Phi) is 6.59. The van der Waals surface area contributed by atoms with E-state index in [0.717, 1.165) is 48.2 Å². The molecular weight excluding hydrogens is 444 g/mol. The predicted octanol–water partition coefficient (Wildman–Crippen LogP) is 4.08. The van der Waals surface area contributed by atoms with Crippen LogP contribution in [0.2, 0.25) is 0 Å². The second kappa shape index (κ2) is 9.53. The Labute approximate surface area is 185 Å². The zero-order valence-corrected chi connectivity index (χ0v) is 18.6. The highest BCUT2D eigenvalue weighted by molar-refractivity contribution is 9.10. The topological polar surface area (TPSA) is 62.5 Å². The Balaban J connectivity index is 1.26. The zero-order valence-electron chi connectivity index (χ0n) is 17.1. The molecule has 1 amide bonds. The largest absolute Gasteiger partial charge is 0.340 e. The van der Waals surface area contributed by atoms with Crippen molar-refractivity contribution in [3.8, 4) is 11.4 Å². The highest BCUT2D eigenvalue weighted by Crippen LogP contribution is 2.21. The van der Waals surface area contributed by atoms with Crippen molar-refractivity contribution in [2.24, 2.45) is 0 Å². The number of hydrogen-bond donors (Lipinski definition) is 0. The van der Waals surface area contributed by atoms with E-state index in [4.69, 9.17) is 4.52 Å². The molecule has 0 saturated carbocycles. The molecule has 0 spiro atoms. The predicted molar refractivity (Wildman–Crippen MR) is 119 cm³/mol. The summed E-state index contributed by atoms with van der Waals surface area (Å²) >= 11 is 3.55. The summed E-state index contributed by atoms with van der Waals surface area (Å²) in [6.45, 7) is 5.73. The maximum atomic E-state index is 12.6. The van der Waals surface area contributed by atoms with Crippen molar-refractivity contribution in [2.75, 3.05) is 26.2 Å². The number of aromatic nitrogens is 2. The summed E-state index contributed by atoms with van der Waals surface area (Å²) in [5.74, 6) is 1.45. The number of carbonyl (C=O) groups excluding carboxylic acids is 1. The average Bonchev–Trinajstić information content (AvgIpc) is 3.22. The summed E-state index contributed by atoms with van der Waals surface area (Å²) in [7, 11) is 0. The molecule has 4 rings (SSSR count). The number of halogens is 1. The molecule has 1 saturated heterocycles. The van der Waals surface area contributed by atoms with Crippen LogP contribution in [0.25, 0.3) is 11.4 Å². The average molecular weight is 469 g/mol. The minimum atomic E-state index is 0.213. The molecule has 0 aliphatic carbocycles. The fourth-order valence-corrected chi connectivity index (χ4v) is 4.18. The Morgan fingerprint density at radius 3 is 2.57 bits per heavy atom. The van der Waals surface area contributed by atoms with E-state index in [1.165, 1.54) is 5.56 Å². The Morgan fingerprint density at radius 2 is 1.80 bits per heavy atom. The molecule has 2 aromatic carbocycles. The molecule has 156 valence electrons. The molecule has 2 heterocycles. The smallest absolute Gasteiger partial charge is 0.241 e. The molecule has 0 N–H and O–H groups in total. The first-order chi connectivity index (χ1) is 14.6. The summed E-state index contributed by atoms with van der Waals surface area (Å²) in [6, 6.07) is 16.1. The number of rotatable bonds is 6. The molecular formula is C23H25BrN4O2. The van der Waals surface area contributed by atoms with Gasteiger partial charge in [-0.25, -0.2) is 0 Å². The second-order valence-corrected chi connectivity index (χ2v) is 8.43. The lowest BCUT2D eigenvalue weighted by molar-refractivity contribution is -0.133. The maximum absolute atomic E-state index is 12.6. The molecule has 0 bridgehead atoms. The molecule has 1 fully saturated rings. The third kappa shape index (κ3) is 4.96. The van der Waals surface area contributed by atoms with Gasteiger partial charge in [-0.2, -0.15) is 4.98 Å². The summed E-state index contributed by atoms with van der Waals surface area (Å²) in [6.07, 6.45) is 1.29. The molecule has 0 radical (unpaired) electrons. The molecule has 0 atom stereocenters. The number of piperazine rings is 1. The van der Waals surface area contributed by atoms with Crippen LogP contribution in [0.5, 0.6) is 0 Å². The monoisotopic (exact) mass is 468 g/mol. The van der Waals surface area contributed by atoms with E-state index in [2.05, 4.69) is 37.0 Å². The first kappa shape index (κ1) is 20.8. The minimum absolute atomic E-state index is 0.213. The van der Waals surface area contributed by atoms with E-state index in [-0.39, 0.29) is 5.91 Å². The van der Waals surface area contributed by atoms with Gasteiger partial charge in [0.2, 0.25) is 17.6 Å². The van der Waals surface area contributed by atoms with Crippen LogP contribution in [0, 0.1) is 6.92 Å². The number of benzene rings is 2. The fraction of sp³-hybridized carbons (Fsp3) is 0.348. The van der Waals surface area contributed by atoms with Crippen molar-refractivity contribution in [3.63, 3.8) is 0 Å². The number of nitrogens with zero attached hydrogens (tertiary/aromatic N) is 4. The van der Waals surface area contributed by atoms with Crippen LogP contribution in [-0.4, -0.2) is 52.0 Å². The van der Waals surface area contributed by atoms with E-state index in [1.807, 2.05) is 54.3 Å². The number of amides is 1. The lowest BCUT2D eigenvalue weighted by atomic mass is 10.1. The van der Waals surface area contributed by atoms with Gasteiger partial charge in [0.15, 0.2) is 0 Å². The third-order valence-corrected chi connectivity index (χ3v) is 6.28. The van der Waals surface area contributed by atoms with E-state index in [1.54, 1.807) is 0 Å². The second-order valence-electron chi connectivity index (χ2n) is 7.57. The quantitative estimate of drug-likeness (QED) is 0.545. The van der Waals surface area contributed by atoms with Gasteiger partial charge in [-0.05, 0) is 30.5 Å². The van der Waals surface area contributed by atoms with Crippen molar-refractivity contribution >= 4 is 21.8 Å². The van der Waals surface area contributed by atoms with Crippen LogP contribution in [0.3, 0.4) is 0 Å². The first-order valence-corrected chi connectivity index (χ1v) is 11.0. The third-order valence-electron chi connectivity index (χ3n) is 5.50. The maximum Gasteiger partial charge on any atom is 0.241 e. The van der Waals surface area contributed by atoms with Gasteiger partial charge >= 0.3 is 0 Å². The standard InChI is InChI=1S/C23H25BrN4O2/c1-17-6-2-4-8-19(17)23-25-21(30-26-23)16-27-12-14-28(15-13-27)22(29)11-10-18-7-3-5-9-20(18)24/h2-9H,10-16H2,1H3. The van der Waals surface area contributed by atoms with Crippen LogP contribution < -0.4 is 0 Å². The van der Waals surface area contributed by atoms with Crippen LogP contribution in [0.4, 0.5) is 0 Å². The molecule has 1 aliphatic rings. The number of aryl methyl sites for hydroxylation is 2. The van der Waals surface area contributed by atoms with Gasteiger partial charge < -0.3 is 9.42 Å². The van der Waals surface area contributed by atoms with Gasteiger partial charge in [0.25, 0.3) is 0 Å². The summed E-state index contributed by atoms with van der Waals surface area (Å²) in [5, 5.41) is 4.14. The van der Waals surface area contributed by atoms with Gasteiger partial charge in [0.05, 0.1) is 6.54 Å². The highest BCUT2D eigenvalue weighted by Gasteiger charge is 2.22. The molecule has 3 aromatic rings. The molecule has 1 aromatic heterocycles. The van der Waals surface area contributed by atoms with Crippen LogP contribution in [-0.2, 0) is 17.8 Å². The van der Waals surface area contributed by atoms with E-state index >= 15 is 0 Å². The highest BCUT2D eigenvalue weighted by atomic mass is 79.9. The fourth-order valence-electron chi connectivity index (χ4n) is 3.70. The van der Waals surface area contributed by atoms with Crippen molar-refractivity contribution in [1.29, 1.82) is 0 Å². The molecule has 6 nitrogen and oxygen atoms in total. The minimum Gasteiger partial charge on any atom is -0.340 e. The van der Waals surface area contributed by atoms with Crippen molar-refractivity contribution < 1.29 is 9.32 Å². The van der Waals surface area contributed by atoms with Crippen molar-refractivity contribution in [3.05, 3.63) is 70.0 Å². The van der Waals surface area contributed by atoms with E-state index in [0.29, 0.717) is 24.7 Å². The Bertz CT molecular complexity index is 1010. The van der Waals surface area contributed by atoms with Gasteiger partial charge in [0, 0.05) is 42.6 Å². The number of carbonyl (C=O) groups is 1. The SMILES string of the molecule is Cc1ccccc1-c1noc(CN2CCN(C(=O)CCc3ccccc3Br)CC2)n1. The summed E-state index contributed by atoms with van der Waals surface area (Å²) in [4.78, 5) is 21.4. The summed E-state index contributed by atoms with van der Waals surface area (Å²) < 4.78 is 6.52. The van der Waals surface area contributed by atoms with Crippen LogP contribution in [0.1, 0.15) is 23.4 Å². The van der Waals surface area contributed by atoms with Gasteiger partial charge in [-0.15, -0.1) is 0 Å². The summed E-state index contributed by atoms with van der Waals surface area (Å²) in [5.41, 5.74) is 3.29. The molecule has 1 aliphatic heterocycles. The number of hydrogen-bond acceptors (Lipinski definition) is 5. The van der Waals surface area contributed by atoms with Gasteiger partial charge in [-0.1, -0.05) is 63.6 Å². The van der Waals surface area contributed by atoms with Gasteiger partial charge in [0.1, 0.15) is 0 Å². The lowest BCUT2D eigenvalue weighted by Gasteiger charge is -2.34. The molecule has 30 heavy (non-hydrogen) atoms. The normalized spacial score (nSPS) is 14.8. The van der Waals surface area contributed by atoms with Crippen LogP contribution >= 0.6 is 15.9 Å².